The fourth-order valence-corrected chi connectivity index (χ4v) is 2.14. The highest BCUT2D eigenvalue weighted by Crippen LogP contribution is 2.32. The van der Waals surface area contributed by atoms with E-state index in [-0.39, 0.29) is 5.78 Å². The van der Waals surface area contributed by atoms with E-state index in [1.54, 1.807) is 0 Å². The monoisotopic (exact) mass is 226 g/mol. The molecule has 0 aromatic heterocycles. The number of Topliss-reactive ketones (excluding diaryl/α,β-unsaturated/α-hetero) is 1. The molecular formula is C14H14N2O. The third kappa shape index (κ3) is 1.94. The van der Waals surface area contributed by atoms with Crippen molar-refractivity contribution in [2.24, 2.45) is 0 Å². The number of hydrogen-bond acceptors (Lipinski definition) is 3. The van der Waals surface area contributed by atoms with Gasteiger partial charge < -0.3 is 5.32 Å². The lowest BCUT2D eigenvalue weighted by Gasteiger charge is -2.07. The second kappa shape index (κ2) is 4.84. The first-order valence-corrected chi connectivity index (χ1v) is 5.77. The standard InChI is InChI=1S/C14H14N2O/c1-2-16-13-10-6-3-4-7-11(10)14(17)12(13)8-5-9-15/h3-4,6-7,16H,2,5,8H2,1H3. The molecule has 1 aliphatic rings. The maximum atomic E-state index is 12.2. The number of hydrogen-bond donors (Lipinski definition) is 1. The van der Waals surface area contributed by atoms with E-state index < -0.39 is 0 Å². The average molecular weight is 226 g/mol. The molecule has 0 amide bonds. The van der Waals surface area contributed by atoms with Gasteiger partial charge in [-0.3, -0.25) is 4.79 Å². The smallest absolute Gasteiger partial charge is 0.191 e. The molecule has 0 aliphatic heterocycles. The lowest BCUT2D eigenvalue weighted by molar-refractivity contribution is 0.103. The molecule has 0 unspecified atom stereocenters. The summed E-state index contributed by atoms with van der Waals surface area (Å²) in [5.74, 6) is 0.0619. The molecule has 0 heterocycles. The van der Waals surface area contributed by atoms with Crippen LogP contribution in [0.15, 0.2) is 29.8 Å². The van der Waals surface area contributed by atoms with Gasteiger partial charge >= 0.3 is 0 Å². The van der Waals surface area contributed by atoms with Gasteiger partial charge in [-0.15, -0.1) is 0 Å². The molecule has 1 aromatic rings. The minimum atomic E-state index is 0.0619. The second-order valence-electron chi connectivity index (χ2n) is 3.92. The summed E-state index contributed by atoms with van der Waals surface area (Å²) in [6, 6.07) is 9.68. The summed E-state index contributed by atoms with van der Waals surface area (Å²) in [6.45, 7) is 2.77. The molecule has 0 fully saturated rings. The molecule has 1 aliphatic carbocycles. The van der Waals surface area contributed by atoms with Crippen molar-refractivity contribution in [2.75, 3.05) is 6.54 Å². The van der Waals surface area contributed by atoms with Crippen molar-refractivity contribution in [3.8, 4) is 6.07 Å². The van der Waals surface area contributed by atoms with Gasteiger partial charge in [-0.1, -0.05) is 24.3 Å². The largest absolute Gasteiger partial charge is 0.384 e. The van der Waals surface area contributed by atoms with Crippen LogP contribution >= 0.6 is 0 Å². The molecule has 0 spiro atoms. The molecule has 3 nitrogen and oxygen atoms in total. The first kappa shape index (κ1) is 11.4. The SMILES string of the molecule is CCNC1=C(CCC#N)C(=O)c2ccccc21. The van der Waals surface area contributed by atoms with Crippen LogP contribution in [0.4, 0.5) is 0 Å². The zero-order chi connectivity index (χ0) is 12.3. The Balaban J connectivity index is 2.44. The Morgan fingerprint density at radius 2 is 2.00 bits per heavy atom. The van der Waals surface area contributed by atoms with Gasteiger partial charge in [0.25, 0.3) is 0 Å². The van der Waals surface area contributed by atoms with Crippen molar-refractivity contribution in [1.29, 1.82) is 5.26 Å². The molecule has 1 aromatic carbocycles. The van der Waals surface area contributed by atoms with Crippen molar-refractivity contribution in [1.82, 2.24) is 5.32 Å². The highest BCUT2D eigenvalue weighted by atomic mass is 16.1. The topological polar surface area (TPSA) is 52.9 Å². The maximum Gasteiger partial charge on any atom is 0.191 e. The molecule has 0 atom stereocenters. The lowest BCUT2D eigenvalue weighted by Crippen LogP contribution is -2.11. The summed E-state index contributed by atoms with van der Waals surface area (Å²) in [5.41, 5.74) is 3.36. The van der Waals surface area contributed by atoms with Crippen molar-refractivity contribution in [3.63, 3.8) is 0 Å². The van der Waals surface area contributed by atoms with Crippen molar-refractivity contribution in [3.05, 3.63) is 41.0 Å². The molecule has 0 saturated carbocycles. The molecule has 3 heteroatoms. The number of carbonyl (C=O) groups is 1. The van der Waals surface area contributed by atoms with Crippen LogP contribution in [0.1, 0.15) is 35.7 Å². The zero-order valence-electron chi connectivity index (χ0n) is 9.79. The van der Waals surface area contributed by atoms with Crippen LogP contribution in [0, 0.1) is 11.3 Å². The Morgan fingerprint density at radius 1 is 1.29 bits per heavy atom. The molecule has 0 bridgehead atoms. The highest BCUT2D eigenvalue weighted by molar-refractivity contribution is 6.20. The number of benzene rings is 1. The van der Waals surface area contributed by atoms with E-state index in [2.05, 4.69) is 11.4 Å². The van der Waals surface area contributed by atoms with Gasteiger partial charge in [0.05, 0.1) is 6.07 Å². The molecule has 86 valence electrons. The normalized spacial score (nSPS) is 13.5. The van der Waals surface area contributed by atoms with E-state index in [1.807, 2.05) is 31.2 Å². The van der Waals surface area contributed by atoms with Crippen molar-refractivity contribution < 1.29 is 4.79 Å². The van der Waals surface area contributed by atoms with Crippen LogP contribution in [0.25, 0.3) is 5.70 Å². The summed E-state index contributed by atoms with van der Waals surface area (Å²) < 4.78 is 0. The number of fused-ring (bicyclic) bond motifs is 1. The first-order chi connectivity index (χ1) is 8.29. The number of allylic oxidation sites excluding steroid dienone is 1. The van der Waals surface area contributed by atoms with E-state index in [0.717, 1.165) is 28.9 Å². The minimum Gasteiger partial charge on any atom is -0.384 e. The van der Waals surface area contributed by atoms with Crippen LogP contribution in [0.5, 0.6) is 0 Å². The van der Waals surface area contributed by atoms with Crippen molar-refractivity contribution in [2.45, 2.75) is 19.8 Å². The summed E-state index contributed by atoms with van der Waals surface area (Å²) in [7, 11) is 0. The number of nitrogens with zero attached hydrogens (tertiary/aromatic N) is 1. The highest BCUT2D eigenvalue weighted by Gasteiger charge is 2.28. The van der Waals surface area contributed by atoms with Crippen LogP contribution < -0.4 is 5.32 Å². The van der Waals surface area contributed by atoms with Gasteiger partial charge in [-0.25, -0.2) is 0 Å². The Hall–Kier alpha value is -2.08. The Kier molecular flexibility index (Phi) is 3.24. The molecule has 0 saturated heterocycles. The van der Waals surface area contributed by atoms with E-state index in [9.17, 15) is 4.79 Å². The summed E-state index contributed by atoms with van der Waals surface area (Å²) in [4.78, 5) is 12.2. The van der Waals surface area contributed by atoms with Gasteiger partial charge in [0.15, 0.2) is 5.78 Å². The predicted molar refractivity (Wildman–Crippen MR) is 66.2 cm³/mol. The first-order valence-electron chi connectivity index (χ1n) is 5.77. The second-order valence-corrected chi connectivity index (χ2v) is 3.92. The summed E-state index contributed by atoms with van der Waals surface area (Å²) >= 11 is 0. The predicted octanol–water partition coefficient (Wildman–Crippen LogP) is 2.51. The minimum absolute atomic E-state index is 0.0619. The van der Waals surface area contributed by atoms with Gasteiger partial charge in [0.2, 0.25) is 0 Å². The molecular weight excluding hydrogens is 212 g/mol. The molecule has 2 rings (SSSR count). The van der Waals surface area contributed by atoms with E-state index in [0.29, 0.717) is 12.8 Å². The fraction of sp³-hybridized carbons (Fsp3) is 0.286. The van der Waals surface area contributed by atoms with Gasteiger partial charge in [-0.2, -0.15) is 5.26 Å². The number of nitrogens with one attached hydrogen (secondary N) is 1. The Bertz CT molecular complexity index is 523. The quantitative estimate of drug-likeness (QED) is 0.858. The Morgan fingerprint density at radius 3 is 2.65 bits per heavy atom. The van der Waals surface area contributed by atoms with Crippen LogP contribution in [0.3, 0.4) is 0 Å². The van der Waals surface area contributed by atoms with Gasteiger partial charge in [0.1, 0.15) is 0 Å². The van der Waals surface area contributed by atoms with Crippen LogP contribution in [-0.4, -0.2) is 12.3 Å². The fourth-order valence-electron chi connectivity index (χ4n) is 2.14. The molecule has 17 heavy (non-hydrogen) atoms. The average Bonchev–Trinajstić information content (AvgIpc) is 2.62. The zero-order valence-corrected chi connectivity index (χ0v) is 9.79. The maximum absolute atomic E-state index is 12.2. The molecule has 0 radical (unpaired) electrons. The lowest BCUT2D eigenvalue weighted by atomic mass is 10.1. The number of rotatable bonds is 4. The van der Waals surface area contributed by atoms with E-state index in [1.165, 1.54) is 0 Å². The van der Waals surface area contributed by atoms with Crippen LogP contribution in [-0.2, 0) is 0 Å². The van der Waals surface area contributed by atoms with E-state index >= 15 is 0 Å². The number of nitriles is 1. The summed E-state index contributed by atoms with van der Waals surface area (Å²) in [6.07, 6.45) is 0.899. The third-order valence-corrected chi connectivity index (χ3v) is 2.86. The van der Waals surface area contributed by atoms with Crippen molar-refractivity contribution >= 4 is 11.5 Å². The van der Waals surface area contributed by atoms with E-state index in [4.69, 9.17) is 5.26 Å². The van der Waals surface area contributed by atoms with Gasteiger partial charge in [0, 0.05) is 35.4 Å². The third-order valence-electron chi connectivity index (χ3n) is 2.86. The molecule has 1 N–H and O–H groups in total. The summed E-state index contributed by atoms with van der Waals surface area (Å²) in [5, 5.41) is 11.9. The Labute approximate surface area is 101 Å². The number of carbonyl (C=O) groups excluding carboxylic acids is 1. The van der Waals surface area contributed by atoms with Gasteiger partial charge in [-0.05, 0) is 13.3 Å². The van der Waals surface area contributed by atoms with Crippen LogP contribution in [0.2, 0.25) is 0 Å². The number of ketones is 1.